The van der Waals surface area contributed by atoms with Crippen LogP contribution in [-0.2, 0) is 0 Å². The zero-order valence-electron chi connectivity index (χ0n) is 5.66. The Kier molecular flexibility index (Phi) is 2.35. The van der Waals surface area contributed by atoms with E-state index in [-0.39, 0.29) is 0 Å². The first-order valence-electron chi connectivity index (χ1n) is 2.95. The van der Waals surface area contributed by atoms with Gasteiger partial charge in [-0.3, -0.25) is 0 Å². The first-order valence-corrected chi connectivity index (χ1v) is 3.77. The van der Waals surface area contributed by atoms with Crippen molar-refractivity contribution in [3.8, 4) is 5.40 Å². The molecule has 0 fully saturated rings. The van der Waals surface area contributed by atoms with Crippen LogP contribution in [0, 0.1) is 17.6 Å². The van der Waals surface area contributed by atoms with Crippen LogP contribution in [0.4, 0.5) is 0 Å². The first-order chi connectivity index (χ1) is 4.83. The van der Waals surface area contributed by atoms with Crippen LogP contribution < -0.4 is 0 Å². The Morgan fingerprint density at radius 3 is 2.90 bits per heavy atom. The van der Waals surface area contributed by atoms with Gasteiger partial charge in [0, 0.05) is 4.90 Å². The van der Waals surface area contributed by atoms with Crippen molar-refractivity contribution in [2.75, 3.05) is 0 Å². The van der Waals surface area contributed by atoms with Gasteiger partial charge in [0.2, 0.25) is 0 Å². The topological polar surface area (TPSA) is 23.8 Å². The van der Waals surface area contributed by atoms with Gasteiger partial charge in [-0.25, -0.2) is 0 Å². The second kappa shape index (κ2) is 3.28. The molecule has 0 N–H and O–H groups in total. The molecule has 0 spiro atoms. The van der Waals surface area contributed by atoms with Crippen molar-refractivity contribution in [2.24, 2.45) is 0 Å². The SMILES string of the molecule is Cc1cccc(SC#N)c1. The van der Waals surface area contributed by atoms with Crippen molar-refractivity contribution in [3.05, 3.63) is 29.8 Å². The molecule has 1 aromatic rings. The van der Waals surface area contributed by atoms with Crippen LogP contribution in [0.2, 0.25) is 0 Å². The van der Waals surface area contributed by atoms with E-state index in [0.29, 0.717) is 0 Å². The van der Waals surface area contributed by atoms with E-state index in [4.69, 9.17) is 5.26 Å². The van der Waals surface area contributed by atoms with E-state index in [1.165, 1.54) is 17.3 Å². The van der Waals surface area contributed by atoms with Crippen molar-refractivity contribution in [1.29, 1.82) is 5.26 Å². The molecule has 1 aromatic carbocycles. The quantitative estimate of drug-likeness (QED) is 0.452. The lowest BCUT2D eigenvalue weighted by molar-refractivity contribution is 1.37. The lowest BCUT2D eigenvalue weighted by Gasteiger charge is -1.93. The van der Waals surface area contributed by atoms with Crippen LogP contribution in [0.1, 0.15) is 5.56 Å². The molecule has 50 valence electrons. The Hall–Kier alpha value is -0.940. The molecule has 0 bridgehead atoms. The predicted octanol–water partition coefficient (Wildman–Crippen LogP) is 2.57. The Labute approximate surface area is 64.7 Å². The van der Waals surface area contributed by atoms with E-state index in [2.05, 4.69) is 0 Å². The third kappa shape index (κ3) is 1.78. The highest BCUT2D eigenvalue weighted by molar-refractivity contribution is 8.03. The van der Waals surface area contributed by atoms with E-state index in [1.807, 2.05) is 36.6 Å². The number of aryl methyl sites for hydroxylation is 1. The largest absolute Gasteiger partial charge is 0.185 e. The molecule has 0 unspecified atom stereocenters. The molecule has 0 aromatic heterocycles. The van der Waals surface area contributed by atoms with Crippen molar-refractivity contribution >= 4 is 11.8 Å². The fourth-order valence-corrected chi connectivity index (χ4v) is 1.23. The van der Waals surface area contributed by atoms with Crippen LogP contribution in [0.15, 0.2) is 29.2 Å². The highest BCUT2D eigenvalue weighted by Gasteiger charge is 1.90. The molecule has 1 rings (SSSR count). The summed E-state index contributed by atoms with van der Waals surface area (Å²) < 4.78 is 0. The molecule has 10 heavy (non-hydrogen) atoms. The van der Waals surface area contributed by atoms with Gasteiger partial charge < -0.3 is 0 Å². The number of thiocyanates is 1. The molecule has 1 nitrogen and oxygen atoms in total. The van der Waals surface area contributed by atoms with Crippen LogP contribution in [0.3, 0.4) is 0 Å². The standard InChI is InChI=1S/C8H7NS/c1-7-3-2-4-8(5-7)10-6-9/h2-5H,1H3. The summed E-state index contributed by atoms with van der Waals surface area (Å²) in [5.41, 5.74) is 1.19. The third-order valence-electron chi connectivity index (χ3n) is 1.15. The molecule has 0 aliphatic heterocycles. The summed E-state index contributed by atoms with van der Waals surface area (Å²) in [6.45, 7) is 2.02. The molecular weight excluding hydrogens is 142 g/mol. The highest BCUT2D eigenvalue weighted by atomic mass is 32.2. The van der Waals surface area contributed by atoms with Gasteiger partial charge in [0.05, 0.1) is 0 Å². The van der Waals surface area contributed by atoms with Gasteiger partial charge in [0.15, 0.2) is 0 Å². The Balaban J connectivity index is 2.87. The van der Waals surface area contributed by atoms with E-state index in [1.54, 1.807) is 0 Å². The number of thioether (sulfide) groups is 1. The normalized spacial score (nSPS) is 8.80. The Bertz CT molecular complexity index is 262. The van der Waals surface area contributed by atoms with E-state index < -0.39 is 0 Å². The summed E-state index contributed by atoms with van der Waals surface area (Å²) in [5.74, 6) is 0. The smallest absolute Gasteiger partial charge is 0.138 e. The number of hydrogen-bond donors (Lipinski definition) is 0. The van der Waals surface area contributed by atoms with Crippen molar-refractivity contribution in [2.45, 2.75) is 11.8 Å². The molecule has 0 saturated heterocycles. The van der Waals surface area contributed by atoms with Gasteiger partial charge in [0.25, 0.3) is 0 Å². The maximum absolute atomic E-state index is 8.32. The molecule has 0 heterocycles. The predicted molar refractivity (Wildman–Crippen MR) is 42.6 cm³/mol. The van der Waals surface area contributed by atoms with Crippen LogP contribution >= 0.6 is 11.8 Å². The summed E-state index contributed by atoms with van der Waals surface area (Å²) in [6.07, 6.45) is 0. The lowest BCUT2D eigenvalue weighted by atomic mass is 10.2. The average molecular weight is 149 g/mol. The molecule has 0 radical (unpaired) electrons. The molecule has 0 aliphatic carbocycles. The second-order valence-corrected chi connectivity index (χ2v) is 2.87. The maximum Gasteiger partial charge on any atom is 0.138 e. The summed E-state index contributed by atoms with van der Waals surface area (Å²) in [7, 11) is 0. The lowest BCUT2D eigenvalue weighted by Crippen LogP contribution is -1.71. The van der Waals surface area contributed by atoms with Gasteiger partial charge >= 0.3 is 0 Å². The Morgan fingerprint density at radius 1 is 1.50 bits per heavy atom. The minimum absolute atomic E-state index is 1.02. The number of benzene rings is 1. The molecular formula is C8H7NS. The first kappa shape index (κ1) is 7.17. The highest BCUT2D eigenvalue weighted by Crippen LogP contribution is 2.16. The second-order valence-electron chi connectivity index (χ2n) is 2.01. The van der Waals surface area contributed by atoms with Crippen molar-refractivity contribution < 1.29 is 0 Å². The van der Waals surface area contributed by atoms with E-state index in [0.717, 1.165) is 4.90 Å². The van der Waals surface area contributed by atoms with Crippen LogP contribution in [0.25, 0.3) is 0 Å². The van der Waals surface area contributed by atoms with Gasteiger partial charge in [-0.05, 0) is 36.4 Å². The molecule has 0 amide bonds. The van der Waals surface area contributed by atoms with Gasteiger partial charge in [0.1, 0.15) is 5.40 Å². The van der Waals surface area contributed by atoms with E-state index in [9.17, 15) is 0 Å². The van der Waals surface area contributed by atoms with E-state index >= 15 is 0 Å². The zero-order valence-corrected chi connectivity index (χ0v) is 6.48. The fourth-order valence-electron chi connectivity index (χ4n) is 0.732. The summed E-state index contributed by atoms with van der Waals surface area (Å²) >= 11 is 1.19. The van der Waals surface area contributed by atoms with Crippen LogP contribution in [0.5, 0.6) is 0 Å². The fraction of sp³-hybridized carbons (Fsp3) is 0.125. The molecule has 2 heteroatoms. The number of rotatable bonds is 1. The monoisotopic (exact) mass is 149 g/mol. The number of nitrogens with zero attached hydrogens (tertiary/aromatic N) is 1. The third-order valence-corrected chi connectivity index (χ3v) is 1.73. The minimum Gasteiger partial charge on any atom is -0.185 e. The summed E-state index contributed by atoms with van der Waals surface area (Å²) in [5, 5.41) is 10.4. The summed E-state index contributed by atoms with van der Waals surface area (Å²) in [4.78, 5) is 1.02. The molecule has 0 saturated carbocycles. The minimum atomic E-state index is 1.02. The Morgan fingerprint density at radius 2 is 2.30 bits per heavy atom. The summed E-state index contributed by atoms with van der Waals surface area (Å²) in [6, 6.07) is 7.89. The van der Waals surface area contributed by atoms with Gasteiger partial charge in [-0.1, -0.05) is 12.1 Å². The molecule has 0 aliphatic rings. The van der Waals surface area contributed by atoms with Gasteiger partial charge in [-0.2, -0.15) is 5.26 Å². The van der Waals surface area contributed by atoms with Crippen molar-refractivity contribution in [3.63, 3.8) is 0 Å². The zero-order chi connectivity index (χ0) is 7.40. The average Bonchev–Trinajstić information content (AvgIpc) is 1.88. The van der Waals surface area contributed by atoms with Crippen molar-refractivity contribution in [1.82, 2.24) is 0 Å². The van der Waals surface area contributed by atoms with Gasteiger partial charge in [-0.15, -0.1) is 0 Å². The van der Waals surface area contributed by atoms with Crippen LogP contribution in [-0.4, -0.2) is 0 Å². The molecule has 0 atom stereocenters. The number of hydrogen-bond acceptors (Lipinski definition) is 2. The maximum atomic E-state index is 8.32. The number of nitriles is 1.